The Morgan fingerprint density at radius 2 is 1.95 bits per heavy atom. The van der Waals surface area contributed by atoms with Crippen molar-refractivity contribution in [2.24, 2.45) is 0 Å². The van der Waals surface area contributed by atoms with Gasteiger partial charge in [0.15, 0.2) is 11.5 Å². The SMILES string of the molecule is N#Cc1ccc(Sc2ccc3c(c2)OCCCO3)nc1. The van der Waals surface area contributed by atoms with E-state index in [-0.39, 0.29) is 0 Å². The Bertz CT molecular complexity index is 650. The molecule has 0 saturated carbocycles. The molecule has 0 spiro atoms. The van der Waals surface area contributed by atoms with Crippen molar-refractivity contribution in [1.29, 1.82) is 5.26 Å². The lowest BCUT2D eigenvalue weighted by atomic mass is 10.3. The molecule has 0 amide bonds. The number of hydrogen-bond donors (Lipinski definition) is 0. The van der Waals surface area contributed by atoms with Crippen LogP contribution in [0.2, 0.25) is 0 Å². The highest BCUT2D eigenvalue weighted by Gasteiger charge is 2.11. The maximum Gasteiger partial charge on any atom is 0.162 e. The summed E-state index contributed by atoms with van der Waals surface area (Å²) in [4.78, 5) is 5.28. The number of aromatic nitrogens is 1. The first-order chi connectivity index (χ1) is 9.85. The molecular formula is C15H12N2O2S. The zero-order valence-corrected chi connectivity index (χ0v) is 11.5. The topological polar surface area (TPSA) is 55.1 Å². The van der Waals surface area contributed by atoms with Crippen molar-refractivity contribution in [3.63, 3.8) is 0 Å². The van der Waals surface area contributed by atoms with E-state index in [1.165, 1.54) is 11.8 Å². The van der Waals surface area contributed by atoms with Gasteiger partial charge >= 0.3 is 0 Å². The van der Waals surface area contributed by atoms with Crippen LogP contribution in [-0.4, -0.2) is 18.2 Å². The number of fused-ring (bicyclic) bond motifs is 1. The smallest absolute Gasteiger partial charge is 0.162 e. The number of hydrogen-bond acceptors (Lipinski definition) is 5. The average molecular weight is 284 g/mol. The lowest BCUT2D eigenvalue weighted by Gasteiger charge is -2.08. The molecule has 0 bridgehead atoms. The highest BCUT2D eigenvalue weighted by Crippen LogP contribution is 2.35. The molecule has 5 heteroatoms. The minimum absolute atomic E-state index is 0.563. The number of rotatable bonds is 2. The van der Waals surface area contributed by atoms with E-state index in [1.54, 1.807) is 12.3 Å². The summed E-state index contributed by atoms with van der Waals surface area (Å²) in [5.74, 6) is 1.57. The molecule has 1 aromatic carbocycles. The minimum Gasteiger partial charge on any atom is -0.490 e. The number of pyridine rings is 1. The Hall–Kier alpha value is -2.19. The molecule has 0 saturated heterocycles. The van der Waals surface area contributed by atoms with Crippen LogP contribution in [-0.2, 0) is 0 Å². The van der Waals surface area contributed by atoms with Crippen LogP contribution in [0.1, 0.15) is 12.0 Å². The van der Waals surface area contributed by atoms with Crippen LogP contribution in [0.5, 0.6) is 11.5 Å². The zero-order chi connectivity index (χ0) is 13.8. The van der Waals surface area contributed by atoms with Gasteiger partial charge in [0.2, 0.25) is 0 Å². The summed E-state index contributed by atoms with van der Waals surface area (Å²) in [7, 11) is 0. The fourth-order valence-corrected chi connectivity index (χ4v) is 2.62. The molecule has 4 nitrogen and oxygen atoms in total. The summed E-state index contributed by atoms with van der Waals surface area (Å²) >= 11 is 1.53. The minimum atomic E-state index is 0.563. The van der Waals surface area contributed by atoms with Crippen molar-refractivity contribution in [3.05, 3.63) is 42.1 Å². The van der Waals surface area contributed by atoms with Crippen LogP contribution in [0.15, 0.2) is 46.5 Å². The molecule has 0 unspecified atom stereocenters. The van der Waals surface area contributed by atoms with Gasteiger partial charge in [-0.3, -0.25) is 0 Å². The van der Waals surface area contributed by atoms with E-state index in [4.69, 9.17) is 14.7 Å². The van der Waals surface area contributed by atoms with Crippen LogP contribution in [0, 0.1) is 11.3 Å². The Balaban J connectivity index is 1.80. The first-order valence-corrected chi connectivity index (χ1v) is 7.10. The molecule has 0 N–H and O–H groups in total. The molecule has 100 valence electrons. The molecule has 0 aliphatic carbocycles. The van der Waals surface area contributed by atoms with Gasteiger partial charge in [-0.15, -0.1) is 0 Å². The summed E-state index contributed by atoms with van der Waals surface area (Å²) < 4.78 is 11.3. The Morgan fingerprint density at radius 1 is 1.10 bits per heavy atom. The van der Waals surface area contributed by atoms with Gasteiger partial charge in [-0.1, -0.05) is 11.8 Å². The van der Waals surface area contributed by atoms with Crippen LogP contribution in [0.3, 0.4) is 0 Å². The third-order valence-corrected chi connectivity index (χ3v) is 3.75. The number of ether oxygens (including phenoxy) is 2. The van der Waals surface area contributed by atoms with E-state index in [2.05, 4.69) is 11.1 Å². The third-order valence-electron chi connectivity index (χ3n) is 2.81. The number of benzene rings is 1. The van der Waals surface area contributed by atoms with E-state index >= 15 is 0 Å². The maximum atomic E-state index is 8.75. The van der Waals surface area contributed by atoms with E-state index in [0.29, 0.717) is 18.8 Å². The molecule has 1 aliphatic heterocycles. The van der Waals surface area contributed by atoms with Crippen molar-refractivity contribution < 1.29 is 9.47 Å². The summed E-state index contributed by atoms with van der Waals surface area (Å²) in [6, 6.07) is 11.5. The van der Waals surface area contributed by atoms with Gasteiger partial charge < -0.3 is 9.47 Å². The van der Waals surface area contributed by atoms with E-state index < -0.39 is 0 Å². The van der Waals surface area contributed by atoms with Gasteiger partial charge in [0, 0.05) is 17.5 Å². The molecule has 2 heterocycles. The fourth-order valence-electron chi connectivity index (χ4n) is 1.83. The second-order valence-corrected chi connectivity index (χ2v) is 5.35. The monoisotopic (exact) mass is 284 g/mol. The van der Waals surface area contributed by atoms with Crippen LogP contribution >= 0.6 is 11.8 Å². The first kappa shape index (κ1) is 12.8. The van der Waals surface area contributed by atoms with Crippen LogP contribution < -0.4 is 9.47 Å². The molecule has 0 atom stereocenters. The van der Waals surface area contributed by atoms with Crippen molar-refractivity contribution >= 4 is 11.8 Å². The highest BCUT2D eigenvalue weighted by atomic mass is 32.2. The molecule has 0 fully saturated rings. The van der Waals surface area contributed by atoms with Gasteiger partial charge in [0.25, 0.3) is 0 Å². The number of nitrogens with zero attached hydrogens (tertiary/aromatic N) is 2. The standard InChI is InChI=1S/C15H12N2O2S/c16-9-11-2-5-15(17-10-11)20-12-3-4-13-14(8-12)19-7-1-6-18-13/h2-5,8,10H,1,6-7H2. The molecule has 0 radical (unpaired) electrons. The predicted molar refractivity (Wildman–Crippen MR) is 75.1 cm³/mol. The summed E-state index contributed by atoms with van der Waals surface area (Å²) in [5, 5.41) is 9.60. The maximum absolute atomic E-state index is 8.75. The van der Waals surface area contributed by atoms with Crippen LogP contribution in [0.4, 0.5) is 0 Å². The summed E-state index contributed by atoms with van der Waals surface area (Å²) in [5.41, 5.74) is 0.563. The largest absolute Gasteiger partial charge is 0.490 e. The Labute approximate surface area is 121 Å². The van der Waals surface area contributed by atoms with E-state index in [1.807, 2.05) is 24.3 Å². The summed E-state index contributed by atoms with van der Waals surface area (Å²) in [6.07, 6.45) is 2.47. The molecule has 1 aliphatic rings. The molecule has 1 aromatic heterocycles. The van der Waals surface area contributed by atoms with Crippen molar-refractivity contribution in [3.8, 4) is 17.6 Å². The Morgan fingerprint density at radius 3 is 2.70 bits per heavy atom. The molecule has 20 heavy (non-hydrogen) atoms. The normalized spacial score (nSPS) is 13.3. The molecule has 3 rings (SSSR count). The van der Waals surface area contributed by atoms with Gasteiger partial charge in [-0.2, -0.15) is 5.26 Å². The predicted octanol–water partition coefficient (Wildman–Crippen LogP) is 3.27. The van der Waals surface area contributed by atoms with Crippen molar-refractivity contribution in [2.75, 3.05) is 13.2 Å². The lowest BCUT2D eigenvalue weighted by Crippen LogP contribution is -1.97. The second-order valence-electron chi connectivity index (χ2n) is 4.26. The van der Waals surface area contributed by atoms with Gasteiger partial charge in [0.05, 0.1) is 18.8 Å². The number of nitriles is 1. The highest BCUT2D eigenvalue weighted by molar-refractivity contribution is 7.99. The van der Waals surface area contributed by atoms with Crippen LogP contribution in [0.25, 0.3) is 0 Å². The van der Waals surface area contributed by atoms with E-state index in [9.17, 15) is 0 Å². The summed E-state index contributed by atoms with van der Waals surface area (Å²) in [6.45, 7) is 1.37. The van der Waals surface area contributed by atoms with Crippen molar-refractivity contribution in [1.82, 2.24) is 4.98 Å². The van der Waals surface area contributed by atoms with Gasteiger partial charge in [-0.25, -0.2) is 4.98 Å². The first-order valence-electron chi connectivity index (χ1n) is 6.29. The van der Waals surface area contributed by atoms with Gasteiger partial charge in [-0.05, 0) is 30.3 Å². The average Bonchev–Trinajstić information content (AvgIpc) is 2.73. The van der Waals surface area contributed by atoms with E-state index in [0.717, 1.165) is 27.8 Å². The Kier molecular flexibility index (Phi) is 3.75. The zero-order valence-electron chi connectivity index (χ0n) is 10.7. The second kappa shape index (κ2) is 5.85. The molecular weight excluding hydrogens is 272 g/mol. The third kappa shape index (κ3) is 2.86. The fraction of sp³-hybridized carbons (Fsp3) is 0.200. The van der Waals surface area contributed by atoms with Crippen molar-refractivity contribution in [2.45, 2.75) is 16.3 Å². The quantitative estimate of drug-likeness (QED) is 0.847. The molecule has 2 aromatic rings. The van der Waals surface area contributed by atoms with Gasteiger partial charge in [0.1, 0.15) is 11.1 Å². The lowest BCUT2D eigenvalue weighted by molar-refractivity contribution is 0.297.